The molecule has 8 heteroatoms. The number of primary amides is 1. The fourth-order valence-electron chi connectivity index (χ4n) is 2.59. The van der Waals surface area contributed by atoms with Crippen molar-refractivity contribution in [3.8, 4) is 0 Å². The Bertz CT molecular complexity index is 410. The molecule has 0 bridgehead atoms. The van der Waals surface area contributed by atoms with Gasteiger partial charge in [0.15, 0.2) is 0 Å². The van der Waals surface area contributed by atoms with Crippen molar-refractivity contribution in [3.05, 3.63) is 0 Å². The molecule has 0 aliphatic carbocycles. The van der Waals surface area contributed by atoms with Gasteiger partial charge >= 0.3 is 6.03 Å². The Morgan fingerprint density at radius 3 is 2.82 bits per heavy atom. The van der Waals surface area contributed by atoms with Crippen LogP contribution in [0.5, 0.6) is 0 Å². The summed E-state index contributed by atoms with van der Waals surface area (Å²) in [5.74, 6) is 0. The molecule has 0 spiro atoms. The molecule has 98 valence electrons. The Kier molecular flexibility index (Phi) is 3.28. The zero-order valence-electron chi connectivity index (χ0n) is 9.63. The lowest BCUT2D eigenvalue weighted by Gasteiger charge is -2.31. The number of hydrogen-bond donors (Lipinski definition) is 2. The molecule has 2 heterocycles. The Morgan fingerprint density at radius 2 is 2.24 bits per heavy atom. The van der Waals surface area contributed by atoms with Crippen LogP contribution in [0, 0.1) is 0 Å². The van der Waals surface area contributed by atoms with Crippen LogP contribution >= 0.6 is 0 Å². The van der Waals surface area contributed by atoms with E-state index in [0.29, 0.717) is 6.61 Å². The lowest BCUT2D eigenvalue weighted by Crippen LogP contribution is -2.47. The quantitative estimate of drug-likeness (QED) is 0.656. The second-order valence-corrected chi connectivity index (χ2v) is 6.31. The van der Waals surface area contributed by atoms with E-state index in [-0.39, 0.29) is 18.7 Å². The van der Waals surface area contributed by atoms with Crippen molar-refractivity contribution in [2.24, 2.45) is 5.73 Å². The van der Waals surface area contributed by atoms with E-state index in [9.17, 15) is 13.2 Å². The first-order chi connectivity index (χ1) is 7.88. The Morgan fingerprint density at radius 1 is 1.53 bits per heavy atom. The van der Waals surface area contributed by atoms with Crippen molar-refractivity contribution in [2.75, 3.05) is 19.4 Å². The zero-order valence-corrected chi connectivity index (χ0v) is 10.4. The van der Waals surface area contributed by atoms with E-state index >= 15 is 0 Å². The third-order valence-electron chi connectivity index (χ3n) is 3.17. The Hall–Kier alpha value is -0.860. The number of nitrogens with one attached hydrogen (secondary N) is 1. The summed E-state index contributed by atoms with van der Waals surface area (Å²) in [5, 5.41) is 0. The van der Waals surface area contributed by atoms with Crippen LogP contribution in [0.3, 0.4) is 0 Å². The van der Waals surface area contributed by atoms with E-state index in [1.54, 1.807) is 0 Å². The molecular weight excluding hydrogens is 246 g/mol. The number of carbonyl (C=O) groups is 1. The summed E-state index contributed by atoms with van der Waals surface area (Å²) in [6, 6.07) is -1.04. The number of hydrogen-bond acceptors (Lipinski definition) is 4. The topological polar surface area (TPSA) is 102 Å². The number of likely N-dealkylation sites (tertiary alicyclic amines) is 1. The molecule has 0 aromatic heterocycles. The first-order valence-corrected chi connectivity index (χ1v) is 7.42. The number of urea groups is 1. The van der Waals surface area contributed by atoms with Crippen molar-refractivity contribution in [1.29, 1.82) is 0 Å². The monoisotopic (exact) mass is 263 g/mol. The number of nitrogens with two attached hydrogens (primary N) is 1. The molecule has 0 saturated carbocycles. The van der Waals surface area contributed by atoms with E-state index in [1.807, 2.05) is 0 Å². The molecule has 0 unspecified atom stereocenters. The highest BCUT2D eigenvalue weighted by molar-refractivity contribution is 7.88. The van der Waals surface area contributed by atoms with Crippen LogP contribution in [0.2, 0.25) is 0 Å². The predicted molar refractivity (Wildman–Crippen MR) is 60.8 cm³/mol. The molecule has 0 radical (unpaired) electrons. The van der Waals surface area contributed by atoms with Crippen LogP contribution in [0.4, 0.5) is 4.79 Å². The van der Waals surface area contributed by atoms with Crippen molar-refractivity contribution in [1.82, 2.24) is 9.62 Å². The number of fused-ring (bicyclic) bond motifs is 1. The first kappa shape index (κ1) is 12.6. The third kappa shape index (κ3) is 2.70. The van der Waals surface area contributed by atoms with Crippen LogP contribution in [-0.2, 0) is 14.8 Å². The van der Waals surface area contributed by atoms with Gasteiger partial charge in [-0.2, -0.15) is 0 Å². The summed E-state index contributed by atoms with van der Waals surface area (Å²) in [7, 11) is -3.32. The van der Waals surface area contributed by atoms with Gasteiger partial charge in [-0.05, 0) is 12.8 Å². The van der Waals surface area contributed by atoms with E-state index in [2.05, 4.69) is 4.72 Å². The largest absolute Gasteiger partial charge is 0.374 e. The molecule has 0 aromatic rings. The Labute approximate surface area is 100 Å². The summed E-state index contributed by atoms with van der Waals surface area (Å²) < 4.78 is 30.5. The lowest BCUT2D eigenvalue weighted by atomic mass is 10.0. The number of ether oxygens (including phenoxy) is 1. The van der Waals surface area contributed by atoms with Gasteiger partial charge in [0.05, 0.1) is 24.4 Å². The third-order valence-corrected chi connectivity index (χ3v) is 3.90. The van der Waals surface area contributed by atoms with Gasteiger partial charge in [0, 0.05) is 13.2 Å². The SMILES string of the molecule is CS(=O)(=O)N[C@@H]1CN(C(N)=O)[C@H]2CCCO[C@@H]12. The summed E-state index contributed by atoms with van der Waals surface area (Å²) in [6.45, 7) is 0.868. The fraction of sp³-hybridized carbons (Fsp3) is 0.889. The number of sulfonamides is 1. The highest BCUT2D eigenvalue weighted by Crippen LogP contribution is 2.28. The molecule has 2 amide bonds. The molecular formula is C9H17N3O4S. The molecule has 2 aliphatic rings. The number of amides is 2. The lowest BCUT2D eigenvalue weighted by molar-refractivity contribution is -0.0119. The average molecular weight is 263 g/mol. The van der Waals surface area contributed by atoms with Gasteiger partial charge in [-0.25, -0.2) is 17.9 Å². The molecule has 3 atom stereocenters. The molecule has 2 rings (SSSR count). The number of carbonyl (C=O) groups excluding carboxylic acids is 1. The van der Waals surface area contributed by atoms with E-state index in [4.69, 9.17) is 10.5 Å². The highest BCUT2D eigenvalue weighted by Gasteiger charge is 2.46. The van der Waals surface area contributed by atoms with Gasteiger partial charge in [-0.3, -0.25) is 0 Å². The molecule has 3 N–H and O–H groups in total. The van der Waals surface area contributed by atoms with Crippen molar-refractivity contribution >= 4 is 16.1 Å². The van der Waals surface area contributed by atoms with Crippen molar-refractivity contribution < 1.29 is 17.9 Å². The standard InChI is InChI=1S/C9H17N3O4S/c1-17(14,15)11-6-5-12(9(10)13)7-3-2-4-16-8(6)7/h6-8,11H,2-5H2,1H3,(H2,10,13)/t6-,7+,8+/m1/s1. The minimum Gasteiger partial charge on any atom is -0.374 e. The van der Waals surface area contributed by atoms with E-state index < -0.39 is 22.1 Å². The second kappa shape index (κ2) is 4.43. The van der Waals surface area contributed by atoms with E-state index in [0.717, 1.165) is 19.1 Å². The normalized spacial score (nSPS) is 33.5. The minimum atomic E-state index is -3.32. The summed E-state index contributed by atoms with van der Waals surface area (Å²) >= 11 is 0. The average Bonchev–Trinajstić information content (AvgIpc) is 2.55. The Balaban J connectivity index is 2.16. The molecule has 7 nitrogen and oxygen atoms in total. The maximum absolute atomic E-state index is 11.3. The van der Waals surface area contributed by atoms with Gasteiger partial charge < -0.3 is 15.4 Å². The van der Waals surface area contributed by atoms with Crippen molar-refractivity contribution in [3.63, 3.8) is 0 Å². The smallest absolute Gasteiger partial charge is 0.315 e. The molecule has 17 heavy (non-hydrogen) atoms. The van der Waals surface area contributed by atoms with Gasteiger partial charge in [-0.1, -0.05) is 0 Å². The van der Waals surface area contributed by atoms with Gasteiger partial charge in [0.25, 0.3) is 0 Å². The van der Waals surface area contributed by atoms with Gasteiger partial charge in [-0.15, -0.1) is 0 Å². The van der Waals surface area contributed by atoms with Crippen molar-refractivity contribution in [2.45, 2.75) is 31.0 Å². The predicted octanol–water partition coefficient (Wildman–Crippen LogP) is -1.15. The van der Waals surface area contributed by atoms with Gasteiger partial charge in [0.1, 0.15) is 0 Å². The summed E-state index contributed by atoms with van der Waals surface area (Å²) in [5.41, 5.74) is 5.28. The minimum absolute atomic E-state index is 0.111. The zero-order chi connectivity index (χ0) is 12.6. The first-order valence-electron chi connectivity index (χ1n) is 5.53. The van der Waals surface area contributed by atoms with Gasteiger partial charge in [0.2, 0.25) is 10.0 Å². The molecule has 2 saturated heterocycles. The van der Waals surface area contributed by atoms with Crippen LogP contribution in [0.25, 0.3) is 0 Å². The van der Waals surface area contributed by atoms with Crippen LogP contribution in [0.1, 0.15) is 12.8 Å². The maximum atomic E-state index is 11.3. The highest BCUT2D eigenvalue weighted by atomic mass is 32.2. The fourth-order valence-corrected chi connectivity index (χ4v) is 3.35. The van der Waals surface area contributed by atoms with Crippen LogP contribution in [0.15, 0.2) is 0 Å². The van der Waals surface area contributed by atoms with Crippen LogP contribution < -0.4 is 10.5 Å². The number of rotatable bonds is 2. The summed E-state index contributed by atoms with van der Waals surface area (Å²) in [6.07, 6.45) is 2.47. The van der Waals surface area contributed by atoms with Crippen LogP contribution in [-0.4, -0.2) is 56.9 Å². The van der Waals surface area contributed by atoms with E-state index in [1.165, 1.54) is 4.90 Å². The maximum Gasteiger partial charge on any atom is 0.315 e. The number of nitrogens with zero attached hydrogens (tertiary/aromatic N) is 1. The molecule has 0 aromatic carbocycles. The second-order valence-electron chi connectivity index (χ2n) is 4.53. The molecule has 2 fully saturated rings. The molecule has 2 aliphatic heterocycles. The summed E-state index contributed by atoms with van der Waals surface area (Å²) in [4.78, 5) is 12.8.